The molecule has 3 N–H and O–H groups in total. The molecule has 5 nitrogen and oxygen atoms in total. The molecule has 1 saturated carbocycles. The Bertz CT molecular complexity index is 437. The number of sulfonamides is 1. The molecule has 2 unspecified atom stereocenters. The Morgan fingerprint density at radius 2 is 1.95 bits per heavy atom. The Morgan fingerprint density at radius 1 is 1.30 bits per heavy atom. The summed E-state index contributed by atoms with van der Waals surface area (Å²) in [4.78, 5) is 11.7. The van der Waals surface area contributed by atoms with Gasteiger partial charge in [0.05, 0.1) is 11.7 Å². The van der Waals surface area contributed by atoms with Gasteiger partial charge in [0, 0.05) is 12.5 Å². The van der Waals surface area contributed by atoms with E-state index in [0.29, 0.717) is 12.8 Å². The predicted octanol–water partition coefficient (Wildman–Crippen LogP) is 1.15. The van der Waals surface area contributed by atoms with Crippen molar-refractivity contribution in [2.24, 2.45) is 17.0 Å². The molecule has 1 aliphatic carbocycles. The summed E-state index contributed by atoms with van der Waals surface area (Å²) in [6.45, 7) is 0.0997. The molecule has 1 aliphatic rings. The van der Waals surface area contributed by atoms with E-state index in [1.54, 1.807) is 0 Å². The normalized spacial score (nSPS) is 24.4. The van der Waals surface area contributed by atoms with Crippen LogP contribution in [0, 0.1) is 11.8 Å². The van der Waals surface area contributed by atoms with Gasteiger partial charge in [-0.2, -0.15) is 13.2 Å². The summed E-state index contributed by atoms with van der Waals surface area (Å²) in [6, 6.07) is 0. The Kier molecular flexibility index (Phi) is 5.81. The number of hydrogen-bond donors (Lipinski definition) is 2. The molecular formula is C11H19F3N2O3S. The molecule has 0 aromatic carbocycles. The van der Waals surface area contributed by atoms with Gasteiger partial charge in [0.2, 0.25) is 15.9 Å². The average Bonchev–Trinajstić information content (AvgIpc) is 2.32. The summed E-state index contributed by atoms with van der Waals surface area (Å²) in [5, 5.41) is 7.27. The van der Waals surface area contributed by atoms with Gasteiger partial charge >= 0.3 is 6.18 Å². The lowest BCUT2D eigenvalue weighted by atomic mass is 9.80. The van der Waals surface area contributed by atoms with E-state index in [-0.39, 0.29) is 31.6 Å². The zero-order valence-electron chi connectivity index (χ0n) is 10.9. The summed E-state index contributed by atoms with van der Waals surface area (Å²) >= 11 is 0. The van der Waals surface area contributed by atoms with Crippen molar-refractivity contribution in [3.8, 4) is 0 Å². The van der Waals surface area contributed by atoms with Crippen LogP contribution in [0.3, 0.4) is 0 Å². The minimum absolute atomic E-state index is 0.0682. The fraction of sp³-hybridized carbons (Fsp3) is 0.909. The highest BCUT2D eigenvalue weighted by Gasteiger charge is 2.43. The van der Waals surface area contributed by atoms with E-state index in [0.717, 1.165) is 0 Å². The largest absolute Gasteiger partial charge is 0.391 e. The standard InChI is InChI=1S/C11H19F3N2O3S/c12-11(13,14)9-4-1-3-8(7-9)10(17)16-5-2-6-20(15,18)19/h8-9H,1-7H2,(H,16,17)(H2,15,18,19). The third-order valence-electron chi connectivity index (χ3n) is 3.41. The van der Waals surface area contributed by atoms with Crippen molar-refractivity contribution in [1.82, 2.24) is 5.32 Å². The Balaban J connectivity index is 2.36. The third kappa shape index (κ3) is 6.08. The molecule has 0 radical (unpaired) electrons. The number of primary sulfonamides is 1. The van der Waals surface area contributed by atoms with Crippen molar-refractivity contribution in [3.05, 3.63) is 0 Å². The molecule has 0 aromatic heterocycles. The summed E-state index contributed by atoms with van der Waals surface area (Å²) in [6.07, 6.45) is -3.41. The van der Waals surface area contributed by atoms with Gasteiger partial charge in [0.15, 0.2) is 0 Å². The second-order valence-electron chi connectivity index (χ2n) is 5.11. The number of amides is 1. The van der Waals surface area contributed by atoms with E-state index >= 15 is 0 Å². The van der Waals surface area contributed by atoms with E-state index in [1.165, 1.54) is 0 Å². The number of hydrogen-bond acceptors (Lipinski definition) is 3. The summed E-state index contributed by atoms with van der Waals surface area (Å²) in [5.74, 6) is -2.77. The first-order chi connectivity index (χ1) is 9.09. The van der Waals surface area contributed by atoms with Crippen molar-refractivity contribution >= 4 is 15.9 Å². The van der Waals surface area contributed by atoms with Crippen LogP contribution in [0.5, 0.6) is 0 Å². The second-order valence-corrected chi connectivity index (χ2v) is 6.85. The molecular weight excluding hydrogens is 297 g/mol. The van der Waals surface area contributed by atoms with Gasteiger partial charge in [-0.05, 0) is 25.7 Å². The van der Waals surface area contributed by atoms with Crippen LogP contribution in [-0.2, 0) is 14.8 Å². The van der Waals surface area contributed by atoms with Crippen LogP contribution < -0.4 is 10.5 Å². The lowest BCUT2D eigenvalue weighted by Gasteiger charge is -2.29. The fourth-order valence-electron chi connectivity index (χ4n) is 2.35. The smallest absolute Gasteiger partial charge is 0.356 e. The Labute approximate surface area is 116 Å². The fourth-order valence-corrected chi connectivity index (χ4v) is 2.90. The van der Waals surface area contributed by atoms with Crippen LogP contribution in [-0.4, -0.2) is 32.8 Å². The van der Waals surface area contributed by atoms with E-state index in [1.807, 2.05) is 0 Å². The molecule has 0 saturated heterocycles. The zero-order valence-corrected chi connectivity index (χ0v) is 11.8. The quantitative estimate of drug-likeness (QED) is 0.746. The zero-order chi connectivity index (χ0) is 15.4. The van der Waals surface area contributed by atoms with Crippen LogP contribution in [0.25, 0.3) is 0 Å². The summed E-state index contributed by atoms with van der Waals surface area (Å²) in [7, 11) is -3.58. The van der Waals surface area contributed by atoms with E-state index in [4.69, 9.17) is 5.14 Å². The number of carbonyl (C=O) groups is 1. The molecule has 118 valence electrons. The van der Waals surface area contributed by atoms with Crippen LogP contribution in [0.1, 0.15) is 32.1 Å². The van der Waals surface area contributed by atoms with Gasteiger partial charge in [-0.25, -0.2) is 13.6 Å². The number of rotatable bonds is 5. The monoisotopic (exact) mass is 316 g/mol. The first-order valence-electron chi connectivity index (χ1n) is 6.44. The van der Waals surface area contributed by atoms with E-state index in [9.17, 15) is 26.4 Å². The molecule has 9 heteroatoms. The number of halogens is 3. The van der Waals surface area contributed by atoms with Crippen molar-refractivity contribution in [2.45, 2.75) is 38.3 Å². The molecule has 1 amide bonds. The first-order valence-corrected chi connectivity index (χ1v) is 8.16. The highest BCUT2D eigenvalue weighted by Crippen LogP contribution is 2.39. The van der Waals surface area contributed by atoms with Gasteiger partial charge in [0.25, 0.3) is 0 Å². The minimum atomic E-state index is -4.26. The van der Waals surface area contributed by atoms with Gasteiger partial charge in [-0.1, -0.05) is 6.42 Å². The van der Waals surface area contributed by atoms with Crippen LogP contribution in [0.15, 0.2) is 0 Å². The molecule has 0 aliphatic heterocycles. The number of carbonyl (C=O) groups excluding carboxylic acids is 1. The highest BCUT2D eigenvalue weighted by molar-refractivity contribution is 7.89. The lowest BCUT2D eigenvalue weighted by Crippen LogP contribution is -2.38. The highest BCUT2D eigenvalue weighted by atomic mass is 32.2. The summed E-state index contributed by atoms with van der Waals surface area (Å²) in [5.41, 5.74) is 0. The molecule has 1 fully saturated rings. The molecule has 0 spiro atoms. The number of alkyl halides is 3. The van der Waals surface area contributed by atoms with Gasteiger partial charge in [-0.3, -0.25) is 4.79 Å². The second kappa shape index (κ2) is 6.75. The minimum Gasteiger partial charge on any atom is -0.356 e. The molecule has 0 heterocycles. The van der Waals surface area contributed by atoms with Crippen LogP contribution in [0.4, 0.5) is 13.2 Å². The molecule has 2 atom stereocenters. The Morgan fingerprint density at radius 3 is 2.50 bits per heavy atom. The molecule has 0 bridgehead atoms. The van der Waals surface area contributed by atoms with Gasteiger partial charge < -0.3 is 5.32 Å². The third-order valence-corrected chi connectivity index (χ3v) is 4.27. The topological polar surface area (TPSA) is 89.3 Å². The maximum absolute atomic E-state index is 12.6. The van der Waals surface area contributed by atoms with Crippen LogP contribution in [0.2, 0.25) is 0 Å². The first kappa shape index (κ1) is 17.2. The maximum atomic E-state index is 12.6. The van der Waals surface area contributed by atoms with Crippen LogP contribution >= 0.6 is 0 Å². The SMILES string of the molecule is NS(=O)(=O)CCCNC(=O)C1CCCC(C(F)(F)F)C1. The van der Waals surface area contributed by atoms with Gasteiger partial charge in [-0.15, -0.1) is 0 Å². The molecule has 1 rings (SSSR count). The molecule has 20 heavy (non-hydrogen) atoms. The van der Waals surface area contributed by atoms with E-state index < -0.39 is 33.9 Å². The Hall–Kier alpha value is -0.830. The van der Waals surface area contributed by atoms with Crippen molar-refractivity contribution in [1.29, 1.82) is 0 Å². The maximum Gasteiger partial charge on any atom is 0.391 e. The van der Waals surface area contributed by atoms with Gasteiger partial charge in [0.1, 0.15) is 0 Å². The number of nitrogens with two attached hydrogens (primary N) is 1. The van der Waals surface area contributed by atoms with Crippen molar-refractivity contribution in [3.63, 3.8) is 0 Å². The van der Waals surface area contributed by atoms with Crippen molar-refractivity contribution < 1.29 is 26.4 Å². The average molecular weight is 316 g/mol. The lowest BCUT2D eigenvalue weighted by molar-refractivity contribution is -0.186. The van der Waals surface area contributed by atoms with E-state index in [2.05, 4.69) is 5.32 Å². The number of nitrogens with one attached hydrogen (secondary N) is 1. The predicted molar refractivity (Wildman–Crippen MR) is 67.1 cm³/mol. The summed E-state index contributed by atoms with van der Waals surface area (Å²) < 4.78 is 59.2. The van der Waals surface area contributed by atoms with Crippen molar-refractivity contribution in [2.75, 3.05) is 12.3 Å². The molecule has 0 aromatic rings.